The highest BCUT2D eigenvalue weighted by molar-refractivity contribution is 9.10. The third-order valence-corrected chi connectivity index (χ3v) is 4.67. The Bertz CT molecular complexity index is 490. The SMILES string of the molecule is Cc1ncc(C(=O)NC[C@@H]2CCCN2C(C)C)cc1Br. The first-order valence-corrected chi connectivity index (χ1v) is 7.94. The number of hydrogen-bond donors (Lipinski definition) is 1. The molecule has 0 radical (unpaired) electrons. The Labute approximate surface area is 129 Å². The lowest BCUT2D eigenvalue weighted by atomic mass is 10.2. The van der Waals surface area contributed by atoms with Crippen molar-refractivity contribution >= 4 is 21.8 Å². The highest BCUT2D eigenvalue weighted by atomic mass is 79.9. The van der Waals surface area contributed by atoms with Gasteiger partial charge in [-0.3, -0.25) is 14.7 Å². The lowest BCUT2D eigenvalue weighted by Crippen LogP contribution is -2.43. The number of nitrogens with zero attached hydrogens (tertiary/aromatic N) is 2. The summed E-state index contributed by atoms with van der Waals surface area (Å²) >= 11 is 3.41. The summed E-state index contributed by atoms with van der Waals surface area (Å²) in [6.45, 7) is 8.17. The third-order valence-electron chi connectivity index (χ3n) is 3.87. The number of aromatic nitrogens is 1. The van der Waals surface area contributed by atoms with E-state index in [0.29, 0.717) is 24.2 Å². The van der Waals surface area contributed by atoms with Crippen LogP contribution in [0.5, 0.6) is 0 Å². The van der Waals surface area contributed by atoms with Gasteiger partial charge < -0.3 is 5.32 Å². The van der Waals surface area contributed by atoms with Crippen LogP contribution in [0.3, 0.4) is 0 Å². The Balaban J connectivity index is 1.93. The standard InChI is InChI=1S/C15H22BrN3O/c1-10(2)19-6-4-5-13(19)9-18-15(20)12-7-14(16)11(3)17-8-12/h7-8,10,13H,4-6,9H2,1-3H3,(H,18,20)/t13-/m0/s1. The number of halogens is 1. The molecule has 0 spiro atoms. The predicted octanol–water partition coefficient (Wildman–Crippen LogP) is 2.76. The number of nitrogens with one attached hydrogen (secondary N) is 1. The van der Waals surface area contributed by atoms with Gasteiger partial charge in [0.05, 0.1) is 11.3 Å². The second kappa shape index (κ2) is 6.68. The van der Waals surface area contributed by atoms with E-state index in [1.165, 1.54) is 6.42 Å². The first-order valence-electron chi connectivity index (χ1n) is 7.15. The molecule has 1 aliphatic rings. The highest BCUT2D eigenvalue weighted by Crippen LogP contribution is 2.19. The minimum absolute atomic E-state index is 0.0474. The van der Waals surface area contributed by atoms with Gasteiger partial charge in [-0.25, -0.2) is 0 Å². The third kappa shape index (κ3) is 3.58. The van der Waals surface area contributed by atoms with Crippen molar-refractivity contribution in [1.82, 2.24) is 15.2 Å². The molecule has 2 rings (SSSR count). The summed E-state index contributed by atoms with van der Waals surface area (Å²) in [6, 6.07) is 2.82. The van der Waals surface area contributed by atoms with E-state index < -0.39 is 0 Å². The molecular formula is C15H22BrN3O. The summed E-state index contributed by atoms with van der Waals surface area (Å²) < 4.78 is 0.870. The van der Waals surface area contributed by atoms with E-state index >= 15 is 0 Å². The fourth-order valence-corrected chi connectivity index (χ4v) is 3.05. The van der Waals surface area contributed by atoms with Crippen molar-refractivity contribution in [3.63, 3.8) is 0 Å². The zero-order valence-corrected chi connectivity index (χ0v) is 13.9. The van der Waals surface area contributed by atoms with Crippen LogP contribution >= 0.6 is 15.9 Å². The Morgan fingerprint density at radius 2 is 2.35 bits per heavy atom. The molecule has 20 heavy (non-hydrogen) atoms. The summed E-state index contributed by atoms with van der Waals surface area (Å²) in [7, 11) is 0. The summed E-state index contributed by atoms with van der Waals surface area (Å²) in [6.07, 6.45) is 4.01. The van der Waals surface area contributed by atoms with Gasteiger partial charge in [0.1, 0.15) is 0 Å². The van der Waals surface area contributed by atoms with Crippen molar-refractivity contribution in [2.24, 2.45) is 0 Å². The minimum atomic E-state index is -0.0474. The van der Waals surface area contributed by atoms with Gasteiger partial charge in [-0.05, 0) is 62.2 Å². The molecule has 1 aliphatic heterocycles. The van der Waals surface area contributed by atoms with Crippen LogP contribution in [0.1, 0.15) is 42.7 Å². The molecule has 0 bridgehead atoms. The van der Waals surface area contributed by atoms with E-state index in [-0.39, 0.29) is 5.91 Å². The van der Waals surface area contributed by atoms with E-state index in [0.717, 1.165) is 23.1 Å². The topological polar surface area (TPSA) is 45.2 Å². The fraction of sp³-hybridized carbons (Fsp3) is 0.600. The molecule has 2 heterocycles. The molecule has 0 aliphatic carbocycles. The number of hydrogen-bond acceptors (Lipinski definition) is 3. The highest BCUT2D eigenvalue weighted by Gasteiger charge is 2.26. The van der Waals surface area contributed by atoms with Crippen LogP contribution in [0.2, 0.25) is 0 Å². The van der Waals surface area contributed by atoms with Crippen molar-refractivity contribution in [2.75, 3.05) is 13.1 Å². The van der Waals surface area contributed by atoms with E-state index in [4.69, 9.17) is 0 Å². The maximum Gasteiger partial charge on any atom is 0.252 e. The minimum Gasteiger partial charge on any atom is -0.350 e. The van der Waals surface area contributed by atoms with E-state index in [1.807, 2.05) is 13.0 Å². The smallest absolute Gasteiger partial charge is 0.252 e. The molecule has 1 atom stereocenters. The number of amides is 1. The average Bonchev–Trinajstić information content (AvgIpc) is 2.87. The van der Waals surface area contributed by atoms with Gasteiger partial charge in [0, 0.05) is 29.3 Å². The van der Waals surface area contributed by atoms with Crippen LogP contribution in [0.15, 0.2) is 16.7 Å². The van der Waals surface area contributed by atoms with Crippen molar-refractivity contribution in [2.45, 2.75) is 45.7 Å². The fourth-order valence-electron chi connectivity index (χ4n) is 2.70. The van der Waals surface area contributed by atoms with Crippen molar-refractivity contribution in [3.05, 3.63) is 28.0 Å². The maximum absolute atomic E-state index is 12.2. The van der Waals surface area contributed by atoms with Crippen molar-refractivity contribution in [3.8, 4) is 0 Å². The number of carbonyl (C=O) groups excluding carboxylic acids is 1. The van der Waals surface area contributed by atoms with Crippen LogP contribution in [0, 0.1) is 6.92 Å². The second-order valence-corrected chi connectivity index (χ2v) is 6.48. The maximum atomic E-state index is 12.2. The number of likely N-dealkylation sites (tertiary alicyclic amines) is 1. The molecule has 1 fully saturated rings. The van der Waals surface area contributed by atoms with Crippen LogP contribution in [-0.2, 0) is 0 Å². The van der Waals surface area contributed by atoms with Gasteiger partial charge in [0.25, 0.3) is 5.91 Å². The Morgan fingerprint density at radius 1 is 1.60 bits per heavy atom. The molecule has 4 nitrogen and oxygen atoms in total. The summed E-state index contributed by atoms with van der Waals surface area (Å²) in [4.78, 5) is 18.8. The Morgan fingerprint density at radius 3 is 3.00 bits per heavy atom. The number of aryl methyl sites for hydroxylation is 1. The second-order valence-electron chi connectivity index (χ2n) is 5.63. The van der Waals surface area contributed by atoms with Gasteiger partial charge in [0.2, 0.25) is 0 Å². The van der Waals surface area contributed by atoms with Crippen molar-refractivity contribution < 1.29 is 4.79 Å². The van der Waals surface area contributed by atoms with Crippen LogP contribution in [0.25, 0.3) is 0 Å². The zero-order valence-electron chi connectivity index (χ0n) is 12.3. The number of pyridine rings is 1. The molecule has 0 saturated carbocycles. The van der Waals surface area contributed by atoms with E-state index in [9.17, 15) is 4.79 Å². The molecule has 0 unspecified atom stereocenters. The average molecular weight is 340 g/mol. The molecule has 1 N–H and O–H groups in total. The Kier molecular flexibility index (Phi) is 5.16. The summed E-state index contributed by atoms with van der Waals surface area (Å²) in [5.41, 5.74) is 1.50. The monoisotopic (exact) mass is 339 g/mol. The van der Waals surface area contributed by atoms with Crippen LogP contribution < -0.4 is 5.32 Å². The van der Waals surface area contributed by atoms with E-state index in [1.54, 1.807) is 6.20 Å². The van der Waals surface area contributed by atoms with Crippen LogP contribution in [-0.4, -0.2) is 41.0 Å². The summed E-state index contributed by atoms with van der Waals surface area (Å²) in [5.74, 6) is -0.0474. The lowest BCUT2D eigenvalue weighted by molar-refractivity contribution is 0.0935. The molecule has 1 aromatic heterocycles. The predicted molar refractivity (Wildman–Crippen MR) is 83.9 cm³/mol. The first-order chi connectivity index (χ1) is 9.49. The van der Waals surface area contributed by atoms with E-state index in [2.05, 4.69) is 45.0 Å². The zero-order chi connectivity index (χ0) is 14.7. The quantitative estimate of drug-likeness (QED) is 0.917. The molecule has 1 saturated heterocycles. The van der Waals surface area contributed by atoms with Gasteiger partial charge in [-0.1, -0.05) is 0 Å². The Hall–Kier alpha value is -0.940. The first kappa shape index (κ1) is 15.4. The number of rotatable bonds is 4. The van der Waals surface area contributed by atoms with Gasteiger partial charge in [-0.2, -0.15) is 0 Å². The molecule has 1 aromatic rings. The molecule has 5 heteroatoms. The van der Waals surface area contributed by atoms with Crippen molar-refractivity contribution in [1.29, 1.82) is 0 Å². The molecule has 0 aromatic carbocycles. The van der Waals surface area contributed by atoms with Gasteiger partial charge in [-0.15, -0.1) is 0 Å². The molecule has 1 amide bonds. The largest absolute Gasteiger partial charge is 0.350 e. The van der Waals surface area contributed by atoms with Gasteiger partial charge in [0.15, 0.2) is 0 Å². The summed E-state index contributed by atoms with van der Waals surface area (Å²) in [5, 5.41) is 3.03. The number of carbonyl (C=O) groups is 1. The molecular weight excluding hydrogens is 318 g/mol. The van der Waals surface area contributed by atoms with Crippen LogP contribution in [0.4, 0.5) is 0 Å². The van der Waals surface area contributed by atoms with Gasteiger partial charge >= 0.3 is 0 Å². The normalized spacial score (nSPS) is 19.6. The lowest BCUT2D eigenvalue weighted by Gasteiger charge is -2.28. The molecule has 110 valence electrons.